The van der Waals surface area contributed by atoms with Gasteiger partial charge in [-0.25, -0.2) is 4.79 Å². The number of amides is 1. The largest absolute Gasteiger partial charge is 0.444 e. The van der Waals surface area contributed by atoms with E-state index in [-0.39, 0.29) is 6.09 Å². The van der Waals surface area contributed by atoms with Gasteiger partial charge in [-0.05, 0) is 20.8 Å². The lowest BCUT2D eigenvalue weighted by molar-refractivity contribution is 0.0244. The summed E-state index contributed by atoms with van der Waals surface area (Å²) in [6, 6.07) is 0. The Labute approximate surface area is 91.8 Å². The predicted octanol–water partition coefficient (Wildman–Crippen LogP) is 2.06. The SMILES string of the molecule is C=CCOCCN(C)C(=O)OC(C)(C)C. The van der Waals surface area contributed by atoms with E-state index < -0.39 is 5.60 Å². The molecule has 0 fully saturated rings. The standard InChI is InChI=1S/C11H21NO3/c1-6-8-14-9-7-12(5)10(13)15-11(2,3)4/h6H,1,7-9H2,2-5H3. The van der Waals surface area contributed by atoms with Gasteiger partial charge in [0.1, 0.15) is 5.60 Å². The molecule has 15 heavy (non-hydrogen) atoms. The highest BCUT2D eigenvalue weighted by Crippen LogP contribution is 2.08. The average molecular weight is 215 g/mol. The summed E-state index contributed by atoms with van der Waals surface area (Å²) in [4.78, 5) is 12.9. The molecule has 0 heterocycles. The third-order valence-corrected chi connectivity index (χ3v) is 1.51. The first kappa shape index (κ1) is 14.0. The normalized spacial score (nSPS) is 10.9. The summed E-state index contributed by atoms with van der Waals surface area (Å²) in [6.07, 6.45) is 1.35. The van der Waals surface area contributed by atoms with Gasteiger partial charge < -0.3 is 14.4 Å². The second kappa shape index (κ2) is 6.45. The summed E-state index contributed by atoms with van der Waals surface area (Å²) in [6.45, 7) is 10.6. The molecule has 4 nitrogen and oxygen atoms in total. The third kappa shape index (κ3) is 8.00. The van der Waals surface area contributed by atoms with Gasteiger partial charge in [0.05, 0.1) is 13.2 Å². The Morgan fingerprint density at radius 1 is 1.47 bits per heavy atom. The van der Waals surface area contributed by atoms with Crippen LogP contribution in [-0.4, -0.2) is 43.4 Å². The number of carbonyl (C=O) groups excluding carboxylic acids is 1. The lowest BCUT2D eigenvalue weighted by Crippen LogP contribution is -2.36. The number of ether oxygens (including phenoxy) is 2. The maximum atomic E-state index is 11.5. The zero-order valence-electron chi connectivity index (χ0n) is 10.1. The average Bonchev–Trinajstić information content (AvgIpc) is 2.09. The molecule has 0 N–H and O–H groups in total. The van der Waals surface area contributed by atoms with Crippen LogP contribution in [0.3, 0.4) is 0 Å². The molecular weight excluding hydrogens is 194 g/mol. The van der Waals surface area contributed by atoms with Crippen LogP contribution < -0.4 is 0 Å². The van der Waals surface area contributed by atoms with E-state index >= 15 is 0 Å². The molecule has 0 aliphatic rings. The van der Waals surface area contributed by atoms with Crippen LogP contribution in [0.15, 0.2) is 12.7 Å². The van der Waals surface area contributed by atoms with Crippen LogP contribution in [0.5, 0.6) is 0 Å². The molecule has 0 aromatic rings. The number of likely N-dealkylation sites (N-methyl/N-ethyl adjacent to an activating group) is 1. The number of hydrogen-bond acceptors (Lipinski definition) is 3. The summed E-state index contributed by atoms with van der Waals surface area (Å²) >= 11 is 0. The number of carbonyl (C=O) groups is 1. The molecule has 88 valence electrons. The fourth-order valence-electron chi connectivity index (χ4n) is 0.799. The first-order valence-electron chi connectivity index (χ1n) is 4.99. The Hall–Kier alpha value is -1.03. The van der Waals surface area contributed by atoms with Crippen molar-refractivity contribution in [3.05, 3.63) is 12.7 Å². The molecule has 0 aromatic carbocycles. The third-order valence-electron chi connectivity index (χ3n) is 1.51. The van der Waals surface area contributed by atoms with Crippen molar-refractivity contribution in [1.82, 2.24) is 4.90 Å². The molecule has 0 atom stereocenters. The van der Waals surface area contributed by atoms with Crippen LogP contribution in [0.1, 0.15) is 20.8 Å². The van der Waals surface area contributed by atoms with Gasteiger partial charge in [-0.15, -0.1) is 6.58 Å². The van der Waals surface area contributed by atoms with Crippen LogP contribution in [0, 0.1) is 0 Å². The first-order valence-corrected chi connectivity index (χ1v) is 4.99. The van der Waals surface area contributed by atoms with Crippen molar-refractivity contribution in [2.24, 2.45) is 0 Å². The van der Waals surface area contributed by atoms with Gasteiger partial charge in [0.2, 0.25) is 0 Å². The topological polar surface area (TPSA) is 38.8 Å². The van der Waals surface area contributed by atoms with Gasteiger partial charge in [-0.2, -0.15) is 0 Å². The van der Waals surface area contributed by atoms with Crippen molar-refractivity contribution in [2.75, 3.05) is 26.8 Å². The van der Waals surface area contributed by atoms with Crippen molar-refractivity contribution < 1.29 is 14.3 Å². The highest BCUT2D eigenvalue weighted by atomic mass is 16.6. The van der Waals surface area contributed by atoms with Gasteiger partial charge >= 0.3 is 6.09 Å². The second-order valence-corrected chi connectivity index (χ2v) is 4.27. The van der Waals surface area contributed by atoms with Crippen LogP contribution in [0.4, 0.5) is 4.79 Å². The van der Waals surface area contributed by atoms with Crippen molar-refractivity contribution in [1.29, 1.82) is 0 Å². The Bertz CT molecular complexity index is 208. The fourth-order valence-corrected chi connectivity index (χ4v) is 0.799. The molecule has 0 saturated carbocycles. The van der Waals surface area contributed by atoms with Crippen molar-refractivity contribution in [3.8, 4) is 0 Å². The highest BCUT2D eigenvalue weighted by Gasteiger charge is 2.18. The molecule has 0 bridgehead atoms. The summed E-state index contributed by atoms with van der Waals surface area (Å²) in [7, 11) is 1.69. The maximum Gasteiger partial charge on any atom is 0.410 e. The summed E-state index contributed by atoms with van der Waals surface area (Å²) < 4.78 is 10.3. The van der Waals surface area contributed by atoms with Crippen LogP contribution in [-0.2, 0) is 9.47 Å². The second-order valence-electron chi connectivity index (χ2n) is 4.27. The van der Waals surface area contributed by atoms with E-state index in [4.69, 9.17) is 9.47 Å². The van der Waals surface area contributed by atoms with Crippen LogP contribution >= 0.6 is 0 Å². The van der Waals surface area contributed by atoms with E-state index in [1.54, 1.807) is 13.1 Å². The van der Waals surface area contributed by atoms with E-state index in [2.05, 4.69) is 6.58 Å². The van der Waals surface area contributed by atoms with E-state index in [1.807, 2.05) is 20.8 Å². The molecule has 0 aliphatic carbocycles. The van der Waals surface area contributed by atoms with Crippen molar-refractivity contribution >= 4 is 6.09 Å². The molecule has 0 spiro atoms. The minimum Gasteiger partial charge on any atom is -0.444 e. The van der Waals surface area contributed by atoms with Gasteiger partial charge in [0, 0.05) is 13.6 Å². The molecule has 0 aromatic heterocycles. The Balaban J connectivity index is 3.74. The van der Waals surface area contributed by atoms with E-state index in [0.29, 0.717) is 19.8 Å². The maximum absolute atomic E-state index is 11.5. The number of nitrogens with zero attached hydrogens (tertiary/aromatic N) is 1. The Morgan fingerprint density at radius 2 is 2.07 bits per heavy atom. The van der Waals surface area contributed by atoms with Crippen LogP contribution in [0.2, 0.25) is 0 Å². The van der Waals surface area contributed by atoms with Crippen molar-refractivity contribution in [2.45, 2.75) is 26.4 Å². The van der Waals surface area contributed by atoms with Crippen LogP contribution in [0.25, 0.3) is 0 Å². The molecule has 1 amide bonds. The van der Waals surface area contributed by atoms with E-state index in [1.165, 1.54) is 4.90 Å². The molecule has 4 heteroatoms. The zero-order valence-corrected chi connectivity index (χ0v) is 10.1. The summed E-state index contributed by atoms with van der Waals surface area (Å²) in [5.41, 5.74) is -0.451. The number of hydrogen-bond donors (Lipinski definition) is 0. The minimum absolute atomic E-state index is 0.329. The molecule has 0 unspecified atom stereocenters. The first-order chi connectivity index (χ1) is 6.87. The lowest BCUT2D eigenvalue weighted by Gasteiger charge is -2.24. The van der Waals surface area contributed by atoms with Gasteiger partial charge in [0.15, 0.2) is 0 Å². The molecule has 0 aliphatic heterocycles. The smallest absolute Gasteiger partial charge is 0.410 e. The van der Waals surface area contributed by atoms with Gasteiger partial charge in [-0.1, -0.05) is 6.08 Å². The highest BCUT2D eigenvalue weighted by molar-refractivity contribution is 5.67. The van der Waals surface area contributed by atoms with Gasteiger partial charge in [-0.3, -0.25) is 0 Å². The zero-order chi connectivity index (χ0) is 11.9. The summed E-state index contributed by atoms with van der Waals surface area (Å²) in [5.74, 6) is 0. The molecule has 0 radical (unpaired) electrons. The summed E-state index contributed by atoms with van der Waals surface area (Å²) in [5, 5.41) is 0. The number of rotatable bonds is 5. The molecular formula is C11H21NO3. The Kier molecular flexibility index (Phi) is 6.01. The molecule has 0 rings (SSSR count). The Morgan fingerprint density at radius 3 is 2.53 bits per heavy atom. The fraction of sp³-hybridized carbons (Fsp3) is 0.727. The van der Waals surface area contributed by atoms with Crippen molar-refractivity contribution in [3.63, 3.8) is 0 Å². The van der Waals surface area contributed by atoms with E-state index in [9.17, 15) is 4.79 Å². The minimum atomic E-state index is -0.451. The quantitative estimate of drug-likeness (QED) is 0.520. The van der Waals surface area contributed by atoms with Gasteiger partial charge in [0.25, 0.3) is 0 Å². The molecule has 0 saturated heterocycles. The van der Waals surface area contributed by atoms with E-state index in [0.717, 1.165) is 0 Å². The predicted molar refractivity (Wildman–Crippen MR) is 59.9 cm³/mol. The monoisotopic (exact) mass is 215 g/mol. The lowest BCUT2D eigenvalue weighted by atomic mass is 10.2.